The first kappa shape index (κ1) is 22.0. The summed E-state index contributed by atoms with van der Waals surface area (Å²) in [5.74, 6) is 0.717. The lowest BCUT2D eigenvalue weighted by molar-refractivity contribution is 0.209. The summed E-state index contributed by atoms with van der Waals surface area (Å²) in [7, 11) is 0. The summed E-state index contributed by atoms with van der Waals surface area (Å²) < 4.78 is 5.77. The van der Waals surface area contributed by atoms with E-state index in [2.05, 4.69) is 30.6 Å². The Kier molecular flexibility index (Phi) is 6.36. The molecule has 1 aromatic carbocycles. The molecule has 0 saturated carbocycles. The van der Waals surface area contributed by atoms with Crippen LogP contribution in [0.1, 0.15) is 24.2 Å². The van der Waals surface area contributed by atoms with Gasteiger partial charge in [0.2, 0.25) is 5.95 Å². The highest BCUT2D eigenvalue weighted by atomic mass is 35.5. The van der Waals surface area contributed by atoms with Gasteiger partial charge in [0.15, 0.2) is 0 Å². The van der Waals surface area contributed by atoms with Gasteiger partial charge in [-0.15, -0.1) is 0 Å². The van der Waals surface area contributed by atoms with Crippen LogP contribution in [0, 0.1) is 0 Å². The second-order valence-corrected chi connectivity index (χ2v) is 7.50. The monoisotopic (exact) mass is 466 g/mol. The van der Waals surface area contributed by atoms with E-state index >= 15 is 0 Å². The van der Waals surface area contributed by atoms with E-state index in [0.717, 1.165) is 11.1 Å². The maximum Gasteiger partial charge on any atom is 0.410 e. The fraction of sp³-hybridized carbons (Fsp3) is 0.136. The number of benzene rings is 1. The molecule has 0 fully saturated rings. The van der Waals surface area contributed by atoms with E-state index < -0.39 is 12.1 Å². The lowest BCUT2D eigenvalue weighted by Gasteiger charge is -2.15. The molecule has 0 aliphatic rings. The lowest BCUT2D eigenvalue weighted by atomic mass is 10.1. The molecular formula is C22H19ClN6O4. The van der Waals surface area contributed by atoms with Crippen molar-refractivity contribution in [1.29, 1.82) is 0 Å². The molecule has 0 aliphatic carbocycles. The molecule has 1 unspecified atom stereocenters. The molecule has 3 heterocycles. The van der Waals surface area contributed by atoms with Gasteiger partial charge in [-0.1, -0.05) is 17.7 Å². The Balaban J connectivity index is 1.56. The van der Waals surface area contributed by atoms with E-state index in [-0.39, 0.29) is 23.9 Å². The Morgan fingerprint density at radius 3 is 2.82 bits per heavy atom. The van der Waals surface area contributed by atoms with Crippen LogP contribution in [-0.2, 0) is 6.61 Å². The Morgan fingerprint density at radius 1 is 1.21 bits per heavy atom. The van der Waals surface area contributed by atoms with Gasteiger partial charge in [-0.2, -0.15) is 4.98 Å². The summed E-state index contributed by atoms with van der Waals surface area (Å²) in [6.45, 7) is 2.01. The normalized spacial score (nSPS) is 11.7. The van der Waals surface area contributed by atoms with E-state index in [0.29, 0.717) is 21.9 Å². The van der Waals surface area contributed by atoms with Crippen molar-refractivity contribution < 1.29 is 14.6 Å². The number of fused-ring (bicyclic) bond motifs is 1. The van der Waals surface area contributed by atoms with Crippen molar-refractivity contribution in [3.05, 3.63) is 81.5 Å². The lowest BCUT2D eigenvalue weighted by Crippen LogP contribution is -2.20. The minimum Gasteiger partial charge on any atom is -0.486 e. The van der Waals surface area contributed by atoms with Gasteiger partial charge < -0.3 is 20.1 Å². The van der Waals surface area contributed by atoms with Crippen molar-refractivity contribution >= 4 is 40.4 Å². The van der Waals surface area contributed by atoms with Gasteiger partial charge in [0, 0.05) is 29.4 Å². The number of halogens is 1. The van der Waals surface area contributed by atoms with Gasteiger partial charge in [-0.25, -0.2) is 9.78 Å². The molecule has 168 valence electrons. The molecular weight excluding hydrogens is 448 g/mol. The number of hydrogen-bond acceptors (Lipinski definition) is 7. The van der Waals surface area contributed by atoms with Gasteiger partial charge in [-0.05, 0) is 37.3 Å². The largest absolute Gasteiger partial charge is 0.486 e. The number of ether oxygens (including phenoxy) is 1. The van der Waals surface area contributed by atoms with Gasteiger partial charge in [0.05, 0.1) is 22.3 Å². The predicted molar refractivity (Wildman–Crippen MR) is 124 cm³/mol. The van der Waals surface area contributed by atoms with Crippen LogP contribution in [0.25, 0.3) is 10.9 Å². The van der Waals surface area contributed by atoms with Crippen LogP contribution in [0.3, 0.4) is 0 Å². The Labute approximate surface area is 192 Å². The summed E-state index contributed by atoms with van der Waals surface area (Å²) >= 11 is 6.40. The number of nitrogens with one attached hydrogen (secondary N) is 3. The molecule has 1 atom stereocenters. The summed E-state index contributed by atoms with van der Waals surface area (Å²) in [6, 6.07) is 11.6. The summed E-state index contributed by atoms with van der Waals surface area (Å²) in [5, 5.41) is 15.1. The highest BCUT2D eigenvalue weighted by Crippen LogP contribution is 2.30. The number of aromatic amines is 1. The molecule has 4 rings (SSSR count). The Bertz CT molecular complexity index is 1360. The summed E-state index contributed by atoms with van der Waals surface area (Å²) in [6.07, 6.45) is 1.85. The minimum atomic E-state index is -1.24. The van der Waals surface area contributed by atoms with E-state index in [1.807, 2.05) is 18.2 Å². The van der Waals surface area contributed by atoms with Crippen LogP contribution < -0.4 is 20.9 Å². The van der Waals surface area contributed by atoms with Crippen LogP contribution in [0.4, 0.5) is 16.6 Å². The molecule has 0 radical (unpaired) electrons. The zero-order chi connectivity index (χ0) is 23.4. The van der Waals surface area contributed by atoms with Crippen LogP contribution in [0.15, 0.2) is 59.7 Å². The van der Waals surface area contributed by atoms with Crippen LogP contribution in [-0.4, -0.2) is 31.1 Å². The van der Waals surface area contributed by atoms with E-state index in [4.69, 9.17) is 21.4 Å². The van der Waals surface area contributed by atoms with E-state index in [1.165, 1.54) is 12.3 Å². The van der Waals surface area contributed by atoms with Crippen LogP contribution >= 0.6 is 11.6 Å². The molecule has 10 nitrogen and oxygen atoms in total. The smallest absolute Gasteiger partial charge is 0.410 e. The number of carbonyl (C=O) groups is 1. The van der Waals surface area contributed by atoms with Gasteiger partial charge in [-0.3, -0.25) is 15.1 Å². The molecule has 1 amide bonds. The average Bonchev–Trinajstić information content (AvgIpc) is 2.78. The molecule has 11 heteroatoms. The van der Waals surface area contributed by atoms with Crippen LogP contribution in [0.5, 0.6) is 5.75 Å². The number of H-pyrrole nitrogens is 1. The van der Waals surface area contributed by atoms with Crippen LogP contribution in [0.2, 0.25) is 5.02 Å². The van der Waals surface area contributed by atoms with Crippen molar-refractivity contribution in [1.82, 2.24) is 19.9 Å². The SMILES string of the molecule is CC(Nc1nccc(NC(=O)O)n1)c1cc2cc(Cl)c(OCc3ccccn3)cc2[nH]c1=O. The third-order valence-electron chi connectivity index (χ3n) is 4.73. The molecule has 0 spiro atoms. The van der Waals surface area contributed by atoms with Crippen molar-refractivity contribution in [2.24, 2.45) is 0 Å². The Morgan fingerprint density at radius 2 is 2.06 bits per heavy atom. The number of aromatic nitrogens is 4. The molecule has 0 aliphatic heterocycles. The number of carboxylic acid groups (broad SMARTS) is 1. The third-order valence-corrected chi connectivity index (χ3v) is 5.03. The first-order valence-corrected chi connectivity index (χ1v) is 10.3. The van der Waals surface area contributed by atoms with Crippen molar-refractivity contribution in [3.8, 4) is 5.75 Å². The maximum atomic E-state index is 12.7. The fourth-order valence-electron chi connectivity index (χ4n) is 3.17. The highest BCUT2D eigenvalue weighted by molar-refractivity contribution is 6.32. The number of nitrogens with zero attached hydrogens (tertiary/aromatic N) is 3. The standard InChI is InChI=1S/C22H19ClN6O4/c1-12(26-21-25-7-5-19(28-21)29-22(31)32)15-8-13-9-16(23)18(10-17(13)27-20(15)30)33-11-14-4-2-3-6-24-14/h2-10,12H,11H2,1H3,(H,27,30)(H,31,32)(H2,25,26,28,29). The first-order chi connectivity index (χ1) is 15.9. The molecule has 0 bridgehead atoms. The second-order valence-electron chi connectivity index (χ2n) is 7.10. The maximum absolute atomic E-state index is 12.7. The first-order valence-electron chi connectivity index (χ1n) is 9.88. The van der Waals surface area contributed by atoms with Gasteiger partial charge in [0.25, 0.3) is 5.56 Å². The molecule has 3 aromatic heterocycles. The average molecular weight is 467 g/mol. The number of rotatable bonds is 7. The fourth-order valence-corrected chi connectivity index (χ4v) is 3.40. The second kappa shape index (κ2) is 9.53. The predicted octanol–water partition coefficient (Wildman–Crippen LogP) is 4.21. The number of anilines is 2. The zero-order valence-corrected chi connectivity index (χ0v) is 18.1. The number of hydrogen-bond donors (Lipinski definition) is 4. The van der Waals surface area contributed by atoms with Crippen molar-refractivity contribution in [3.63, 3.8) is 0 Å². The highest BCUT2D eigenvalue weighted by Gasteiger charge is 2.15. The number of amides is 1. The van der Waals surface area contributed by atoms with Crippen molar-refractivity contribution in [2.45, 2.75) is 19.6 Å². The quantitative estimate of drug-likeness (QED) is 0.317. The topological polar surface area (TPSA) is 142 Å². The van der Waals surface area contributed by atoms with E-state index in [9.17, 15) is 9.59 Å². The molecule has 4 aromatic rings. The summed E-state index contributed by atoms with van der Waals surface area (Å²) in [4.78, 5) is 38.7. The molecule has 0 saturated heterocycles. The van der Waals surface area contributed by atoms with E-state index in [1.54, 1.807) is 31.3 Å². The Hall–Kier alpha value is -4.18. The van der Waals surface area contributed by atoms with Crippen molar-refractivity contribution in [2.75, 3.05) is 10.6 Å². The van der Waals surface area contributed by atoms with Gasteiger partial charge >= 0.3 is 6.09 Å². The number of pyridine rings is 2. The third kappa shape index (κ3) is 5.36. The molecule has 4 N–H and O–H groups in total. The molecule has 33 heavy (non-hydrogen) atoms. The van der Waals surface area contributed by atoms with Gasteiger partial charge in [0.1, 0.15) is 18.2 Å². The minimum absolute atomic E-state index is 0.115. The zero-order valence-electron chi connectivity index (χ0n) is 17.4. The summed E-state index contributed by atoms with van der Waals surface area (Å²) in [5.41, 5.74) is 1.45.